The lowest BCUT2D eigenvalue weighted by molar-refractivity contribution is -0.120. The number of nitrogens with zero attached hydrogens (tertiary/aromatic N) is 1. The van der Waals surface area contributed by atoms with Gasteiger partial charge in [-0.05, 0) is 53.2 Å². The van der Waals surface area contributed by atoms with Crippen LogP contribution in [0.25, 0.3) is 0 Å². The van der Waals surface area contributed by atoms with Gasteiger partial charge in [-0.15, -0.1) is 0 Å². The van der Waals surface area contributed by atoms with E-state index >= 15 is 0 Å². The van der Waals surface area contributed by atoms with Crippen LogP contribution >= 0.6 is 0 Å². The Balaban J connectivity index is 1.48. The molecule has 4 rings (SSSR count). The second-order valence-electron chi connectivity index (χ2n) is 7.93. The molecule has 0 saturated carbocycles. The van der Waals surface area contributed by atoms with Gasteiger partial charge in [-0.2, -0.15) is 0 Å². The van der Waals surface area contributed by atoms with Crippen molar-refractivity contribution in [2.24, 2.45) is 5.73 Å². The van der Waals surface area contributed by atoms with Crippen LogP contribution in [-0.2, 0) is 27.3 Å². The first kappa shape index (κ1) is 23.0. The van der Waals surface area contributed by atoms with Crippen molar-refractivity contribution in [2.45, 2.75) is 26.2 Å². The average molecular weight is 451 g/mol. The van der Waals surface area contributed by atoms with Crippen LogP contribution in [0.3, 0.4) is 0 Å². The number of rotatable bonds is 7. The van der Waals surface area contributed by atoms with Crippen LogP contribution in [0.5, 0.6) is 0 Å². The number of nitrogens with one attached hydrogen (secondary N) is 1. The summed E-state index contributed by atoms with van der Waals surface area (Å²) in [5, 5.41) is 22.3. The van der Waals surface area contributed by atoms with Crippen molar-refractivity contribution in [3.63, 3.8) is 0 Å². The monoisotopic (exact) mass is 451 g/mol. The molecule has 12 heteroatoms. The minimum absolute atomic E-state index is 0.136. The number of nitrogens with two attached hydrogens (primary N) is 1. The largest absolute Gasteiger partial charge is 0.491 e. The highest BCUT2D eigenvalue weighted by molar-refractivity contribution is 6.62. The molecule has 0 aliphatic carbocycles. The summed E-state index contributed by atoms with van der Waals surface area (Å²) >= 11 is 0. The zero-order valence-corrected chi connectivity index (χ0v) is 18.0. The molecular formula is C21H23B2N3O7. The van der Waals surface area contributed by atoms with E-state index in [-0.39, 0.29) is 37.8 Å². The first-order valence-electron chi connectivity index (χ1n) is 10.5. The number of hydrogen-bond acceptors (Lipinski definition) is 7. The number of likely N-dealkylation sites (N-methyl/N-ethyl adjacent to an activating group) is 1. The molecule has 2 heterocycles. The predicted octanol–water partition coefficient (Wildman–Crippen LogP) is -2.13. The third kappa shape index (κ3) is 4.64. The summed E-state index contributed by atoms with van der Waals surface area (Å²) in [4.78, 5) is 39.3. The van der Waals surface area contributed by atoms with Crippen molar-refractivity contribution in [3.8, 4) is 0 Å². The van der Waals surface area contributed by atoms with Gasteiger partial charge in [0, 0.05) is 17.7 Å². The molecule has 2 aliphatic rings. The van der Waals surface area contributed by atoms with Gasteiger partial charge in [-0.25, -0.2) is 0 Å². The van der Waals surface area contributed by atoms with E-state index in [0.717, 1.165) is 11.1 Å². The van der Waals surface area contributed by atoms with E-state index in [2.05, 4.69) is 5.32 Å². The number of carbonyl (C=O) groups is 3. The summed E-state index contributed by atoms with van der Waals surface area (Å²) in [5.74, 6) is -1.74. The van der Waals surface area contributed by atoms with Crippen LogP contribution < -0.4 is 22.0 Å². The molecule has 33 heavy (non-hydrogen) atoms. The molecule has 0 spiro atoms. The zero-order valence-electron chi connectivity index (χ0n) is 18.0. The maximum atomic E-state index is 13.1. The number of amides is 3. The molecule has 0 fully saturated rings. The minimum atomic E-state index is -1.14. The summed E-state index contributed by atoms with van der Waals surface area (Å²) in [5.41, 5.74) is 8.65. The zero-order chi connectivity index (χ0) is 23.7. The summed E-state index contributed by atoms with van der Waals surface area (Å²) in [7, 11) is -2.19. The van der Waals surface area contributed by atoms with Gasteiger partial charge in [0.15, 0.2) is 0 Å². The number of primary amides is 1. The molecule has 0 aromatic heterocycles. The molecular weight excluding hydrogens is 428 g/mol. The molecule has 2 aromatic carbocycles. The van der Waals surface area contributed by atoms with Gasteiger partial charge in [0.2, 0.25) is 5.91 Å². The van der Waals surface area contributed by atoms with Gasteiger partial charge in [0.25, 0.3) is 11.8 Å². The second kappa shape index (κ2) is 9.36. The van der Waals surface area contributed by atoms with Gasteiger partial charge < -0.3 is 35.3 Å². The Morgan fingerprint density at radius 1 is 1.03 bits per heavy atom. The molecule has 170 valence electrons. The Morgan fingerprint density at radius 2 is 1.58 bits per heavy atom. The fraction of sp³-hybridized carbons (Fsp3) is 0.286. The SMILES string of the molecule is CCN(CC(NC(=O)c1ccc2c(c1)B(O)OC2)C(N)=O)C(=O)c1ccc2c(c1)B(O)OC2. The van der Waals surface area contributed by atoms with Gasteiger partial charge in [-0.3, -0.25) is 14.4 Å². The Kier molecular flexibility index (Phi) is 6.52. The summed E-state index contributed by atoms with van der Waals surface area (Å²) < 4.78 is 10.3. The summed E-state index contributed by atoms with van der Waals surface area (Å²) in [6.07, 6.45) is 0. The van der Waals surface area contributed by atoms with Crippen LogP contribution in [-0.4, -0.2) is 66.0 Å². The van der Waals surface area contributed by atoms with Gasteiger partial charge >= 0.3 is 14.2 Å². The molecule has 0 radical (unpaired) electrons. The van der Waals surface area contributed by atoms with Crippen molar-refractivity contribution in [3.05, 3.63) is 58.7 Å². The highest BCUT2D eigenvalue weighted by Gasteiger charge is 2.31. The number of hydrogen-bond donors (Lipinski definition) is 4. The normalized spacial score (nSPS) is 15.1. The molecule has 10 nitrogen and oxygen atoms in total. The van der Waals surface area contributed by atoms with Crippen LogP contribution in [0.1, 0.15) is 38.8 Å². The quantitative estimate of drug-likeness (QED) is 0.351. The fourth-order valence-electron chi connectivity index (χ4n) is 3.91. The minimum Gasteiger partial charge on any atom is -0.423 e. The van der Waals surface area contributed by atoms with Crippen LogP contribution in [0.2, 0.25) is 0 Å². The van der Waals surface area contributed by atoms with Gasteiger partial charge in [-0.1, -0.05) is 12.1 Å². The lowest BCUT2D eigenvalue weighted by atomic mass is 9.78. The van der Waals surface area contributed by atoms with Crippen molar-refractivity contribution >= 4 is 42.9 Å². The Bertz CT molecular complexity index is 1110. The first-order chi connectivity index (χ1) is 15.8. The third-order valence-corrected chi connectivity index (χ3v) is 5.85. The highest BCUT2D eigenvalue weighted by atomic mass is 16.5. The van der Waals surface area contributed by atoms with Crippen molar-refractivity contribution in [2.75, 3.05) is 13.1 Å². The molecule has 5 N–H and O–H groups in total. The fourth-order valence-corrected chi connectivity index (χ4v) is 3.91. The summed E-state index contributed by atoms with van der Waals surface area (Å²) in [6.45, 7) is 2.39. The lowest BCUT2D eigenvalue weighted by Crippen LogP contribution is -2.52. The number of fused-ring (bicyclic) bond motifs is 2. The molecule has 0 saturated heterocycles. The van der Waals surface area contributed by atoms with E-state index < -0.39 is 32.1 Å². The van der Waals surface area contributed by atoms with Gasteiger partial charge in [0.05, 0.1) is 19.8 Å². The predicted molar refractivity (Wildman–Crippen MR) is 120 cm³/mol. The van der Waals surface area contributed by atoms with Crippen LogP contribution in [0, 0.1) is 0 Å². The van der Waals surface area contributed by atoms with E-state index in [1.54, 1.807) is 37.3 Å². The van der Waals surface area contributed by atoms with E-state index in [1.807, 2.05) is 0 Å². The molecule has 2 aromatic rings. The molecule has 3 amide bonds. The topological polar surface area (TPSA) is 151 Å². The molecule has 2 aliphatic heterocycles. The number of benzene rings is 2. The van der Waals surface area contributed by atoms with E-state index in [4.69, 9.17) is 15.0 Å². The first-order valence-corrected chi connectivity index (χ1v) is 10.5. The lowest BCUT2D eigenvalue weighted by Gasteiger charge is -2.26. The van der Waals surface area contributed by atoms with Crippen LogP contribution in [0.15, 0.2) is 36.4 Å². The van der Waals surface area contributed by atoms with Crippen LogP contribution in [0.4, 0.5) is 0 Å². The van der Waals surface area contributed by atoms with Crippen molar-refractivity contribution < 1.29 is 33.7 Å². The molecule has 1 atom stereocenters. The average Bonchev–Trinajstić information content (AvgIpc) is 3.37. The van der Waals surface area contributed by atoms with E-state index in [9.17, 15) is 24.4 Å². The smallest absolute Gasteiger partial charge is 0.423 e. The maximum absolute atomic E-state index is 13.1. The second-order valence-corrected chi connectivity index (χ2v) is 7.93. The Labute approximate surface area is 190 Å². The molecule has 1 unspecified atom stereocenters. The third-order valence-electron chi connectivity index (χ3n) is 5.85. The Hall–Kier alpha value is -3.18. The summed E-state index contributed by atoms with van der Waals surface area (Å²) in [6, 6.07) is 8.50. The Morgan fingerprint density at radius 3 is 2.12 bits per heavy atom. The van der Waals surface area contributed by atoms with Crippen molar-refractivity contribution in [1.29, 1.82) is 0 Å². The molecule has 0 bridgehead atoms. The van der Waals surface area contributed by atoms with Gasteiger partial charge in [0.1, 0.15) is 6.04 Å². The van der Waals surface area contributed by atoms with E-state index in [0.29, 0.717) is 16.5 Å². The van der Waals surface area contributed by atoms with E-state index in [1.165, 1.54) is 11.0 Å². The number of carbonyl (C=O) groups excluding carboxylic acids is 3. The van der Waals surface area contributed by atoms with Crippen molar-refractivity contribution in [1.82, 2.24) is 10.2 Å². The standard InChI is InChI=1S/C21H23B2N3O7/c1-2-26(21(29)13-4-6-15-11-33-23(31)17(15)8-13)9-18(19(24)27)25-20(28)12-3-5-14-10-32-22(30)16(14)7-12/h3-8,18,30-31H,2,9-11H2,1H3,(H2,24,27)(H,25,28). The highest BCUT2D eigenvalue weighted by Crippen LogP contribution is 2.14. The maximum Gasteiger partial charge on any atom is 0.491 e.